The molecule has 0 atom stereocenters. The average molecular weight is 264 g/mol. The van der Waals surface area contributed by atoms with Gasteiger partial charge in [-0.3, -0.25) is 4.79 Å². The van der Waals surface area contributed by atoms with Crippen molar-refractivity contribution in [3.05, 3.63) is 29.6 Å². The number of piperidine rings is 1. The molecule has 1 saturated heterocycles. The molecule has 0 aliphatic carbocycles. The third-order valence-electron chi connectivity index (χ3n) is 3.82. The Labute approximate surface area is 113 Å². The Morgan fingerprint density at radius 1 is 1.42 bits per heavy atom. The molecule has 2 N–H and O–H groups in total. The first kappa shape index (κ1) is 13.8. The predicted molar refractivity (Wildman–Crippen MR) is 74.3 cm³/mol. The van der Waals surface area contributed by atoms with E-state index >= 15 is 0 Å². The van der Waals surface area contributed by atoms with Crippen LogP contribution >= 0.6 is 0 Å². The van der Waals surface area contributed by atoms with Crippen LogP contribution in [0.4, 0.5) is 10.1 Å². The SMILES string of the molecule is CCCC1CCN(C(=O)c2ccc(N)cc2F)CC1. The molecule has 0 bridgehead atoms. The molecule has 1 aliphatic heterocycles. The number of benzene rings is 1. The summed E-state index contributed by atoms with van der Waals surface area (Å²) in [6.45, 7) is 3.64. The average Bonchev–Trinajstić information content (AvgIpc) is 2.39. The zero-order chi connectivity index (χ0) is 13.8. The number of likely N-dealkylation sites (tertiary alicyclic amines) is 1. The van der Waals surface area contributed by atoms with Gasteiger partial charge < -0.3 is 10.6 Å². The quantitative estimate of drug-likeness (QED) is 0.853. The Morgan fingerprint density at radius 2 is 2.11 bits per heavy atom. The van der Waals surface area contributed by atoms with Crippen molar-refractivity contribution in [3.8, 4) is 0 Å². The number of amides is 1. The standard InChI is InChI=1S/C15H21FN2O/c1-2-3-11-6-8-18(9-7-11)15(19)13-5-4-12(17)10-14(13)16/h4-5,10-11H,2-3,6-9,17H2,1H3. The summed E-state index contributed by atoms with van der Waals surface area (Å²) >= 11 is 0. The van der Waals surface area contributed by atoms with Gasteiger partial charge in [-0.1, -0.05) is 19.8 Å². The maximum Gasteiger partial charge on any atom is 0.256 e. The summed E-state index contributed by atoms with van der Waals surface area (Å²) in [5, 5.41) is 0. The van der Waals surface area contributed by atoms with Gasteiger partial charge in [0.25, 0.3) is 5.91 Å². The van der Waals surface area contributed by atoms with Gasteiger partial charge in [-0.25, -0.2) is 4.39 Å². The van der Waals surface area contributed by atoms with Crippen LogP contribution in [0.2, 0.25) is 0 Å². The Bertz CT molecular complexity index is 453. The maximum atomic E-state index is 13.7. The summed E-state index contributed by atoms with van der Waals surface area (Å²) in [7, 11) is 0. The molecule has 104 valence electrons. The second kappa shape index (κ2) is 6.04. The van der Waals surface area contributed by atoms with E-state index in [9.17, 15) is 9.18 Å². The minimum Gasteiger partial charge on any atom is -0.399 e. The van der Waals surface area contributed by atoms with Gasteiger partial charge in [-0.05, 0) is 37.0 Å². The number of halogens is 1. The van der Waals surface area contributed by atoms with E-state index in [-0.39, 0.29) is 11.5 Å². The minimum absolute atomic E-state index is 0.128. The lowest BCUT2D eigenvalue weighted by Crippen LogP contribution is -2.38. The van der Waals surface area contributed by atoms with Gasteiger partial charge in [0.1, 0.15) is 5.82 Å². The molecular formula is C15H21FN2O. The summed E-state index contributed by atoms with van der Waals surface area (Å²) < 4.78 is 13.7. The number of anilines is 1. The summed E-state index contributed by atoms with van der Waals surface area (Å²) in [6, 6.07) is 4.25. The lowest BCUT2D eigenvalue weighted by Gasteiger charge is -2.32. The number of rotatable bonds is 3. The maximum absolute atomic E-state index is 13.7. The highest BCUT2D eigenvalue weighted by molar-refractivity contribution is 5.94. The molecule has 1 heterocycles. The molecule has 0 unspecified atom stereocenters. The molecule has 0 aromatic heterocycles. The number of hydrogen-bond acceptors (Lipinski definition) is 2. The van der Waals surface area contributed by atoms with E-state index < -0.39 is 5.82 Å². The zero-order valence-electron chi connectivity index (χ0n) is 11.4. The molecule has 1 aromatic carbocycles. The first-order valence-corrected chi connectivity index (χ1v) is 6.96. The van der Waals surface area contributed by atoms with Gasteiger partial charge in [0.15, 0.2) is 0 Å². The van der Waals surface area contributed by atoms with E-state index in [4.69, 9.17) is 5.73 Å². The molecule has 0 spiro atoms. The lowest BCUT2D eigenvalue weighted by molar-refractivity contribution is 0.0682. The highest BCUT2D eigenvalue weighted by Gasteiger charge is 2.24. The molecule has 0 saturated carbocycles. The fraction of sp³-hybridized carbons (Fsp3) is 0.533. The number of nitrogens with two attached hydrogens (primary N) is 1. The van der Waals surface area contributed by atoms with Crippen molar-refractivity contribution in [3.63, 3.8) is 0 Å². The van der Waals surface area contributed by atoms with Crippen molar-refractivity contribution in [2.45, 2.75) is 32.6 Å². The third-order valence-corrected chi connectivity index (χ3v) is 3.82. The van der Waals surface area contributed by atoms with Crippen molar-refractivity contribution >= 4 is 11.6 Å². The Kier molecular flexibility index (Phi) is 4.40. The molecule has 1 aliphatic rings. The first-order valence-electron chi connectivity index (χ1n) is 6.96. The van der Waals surface area contributed by atoms with Gasteiger partial charge in [0.05, 0.1) is 5.56 Å². The van der Waals surface area contributed by atoms with Crippen molar-refractivity contribution in [1.29, 1.82) is 0 Å². The second-order valence-corrected chi connectivity index (χ2v) is 5.26. The predicted octanol–water partition coefficient (Wildman–Crippen LogP) is 3.06. The number of nitrogens with zero attached hydrogens (tertiary/aromatic N) is 1. The largest absolute Gasteiger partial charge is 0.399 e. The van der Waals surface area contributed by atoms with Crippen LogP contribution in [-0.4, -0.2) is 23.9 Å². The van der Waals surface area contributed by atoms with Crippen LogP contribution in [0.15, 0.2) is 18.2 Å². The number of hydrogen-bond donors (Lipinski definition) is 1. The van der Waals surface area contributed by atoms with Crippen LogP contribution < -0.4 is 5.73 Å². The molecule has 4 heteroatoms. The fourth-order valence-electron chi connectivity index (χ4n) is 2.71. The van der Waals surface area contributed by atoms with E-state index in [2.05, 4.69) is 6.92 Å². The molecule has 19 heavy (non-hydrogen) atoms. The van der Waals surface area contributed by atoms with Crippen molar-refractivity contribution < 1.29 is 9.18 Å². The summed E-state index contributed by atoms with van der Waals surface area (Å²) in [4.78, 5) is 14.0. The van der Waals surface area contributed by atoms with E-state index in [0.29, 0.717) is 11.6 Å². The fourth-order valence-corrected chi connectivity index (χ4v) is 2.71. The molecule has 2 rings (SSSR count). The Hall–Kier alpha value is -1.58. The van der Waals surface area contributed by atoms with Crippen molar-refractivity contribution in [2.75, 3.05) is 18.8 Å². The van der Waals surface area contributed by atoms with E-state index in [1.807, 2.05) is 0 Å². The monoisotopic (exact) mass is 264 g/mol. The van der Waals surface area contributed by atoms with Gasteiger partial charge >= 0.3 is 0 Å². The Morgan fingerprint density at radius 3 is 2.68 bits per heavy atom. The molecule has 0 radical (unpaired) electrons. The number of carbonyl (C=O) groups excluding carboxylic acids is 1. The summed E-state index contributed by atoms with van der Waals surface area (Å²) in [5.41, 5.74) is 5.96. The highest BCUT2D eigenvalue weighted by Crippen LogP contribution is 2.23. The van der Waals surface area contributed by atoms with Crippen LogP contribution in [0.3, 0.4) is 0 Å². The molecule has 1 aromatic rings. The van der Waals surface area contributed by atoms with Crippen LogP contribution in [0.5, 0.6) is 0 Å². The molecule has 1 amide bonds. The van der Waals surface area contributed by atoms with E-state index in [1.165, 1.54) is 25.0 Å². The van der Waals surface area contributed by atoms with Gasteiger partial charge in [-0.2, -0.15) is 0 Å². The van der Waals surface area contributed by atoms with Crippen LogP contribution in [0.25, 0.3) is 0 Å². The summed E-state index contributed by atoms with van der Waals surface area (Å²) in [5.74, 6) is -0.0292. The van der Waals surface area contributed by atoms with Gasteiger partial charge in [0, 0.05) is 18.8 Å². The summed E-state index contributed by atoms with van der Waals surface area (Å²) in [6.07, 6.45) is 4.45. The molecule has 1 fully saturated rings. The minimum atomic E-state index is -0.527. The van der Waals surface area contributed by atoms with Crippen LogP contribution in [0.1, 0.15) is 43.0 Å². The first-order chi connectivity index (χ1) is 9.11. The highest BCUT2D eigenvalue weighted by atomic mass is 19.1. The third kappa shape index (κ3) is 3.25. The molecular weight excluding hydrogens is 243 g/mol. The lowest BCUT2D eigenvalue weighted by atomic mass is 9.92. The van der Waals surface area contributed by atoms with Crippen molar-refractivity contribution in [1.82, 2.24) is 4.90 Å². The second-order valence-electron chi connectivity index (χ2n) is 5.26. The van der Waals surface area contributed by atoms with Gasteiger partial charge in [0.2, 0.25) is 0 Å². The van der Waals surface area contributed by atoms with Crippen molar-refractivity contribution in [2.24, 2.45) is 5.92 Å². The topological polar surface area (TPSA) is 46.3 Å². The van der Waals surface area contributed by atoms with Crippen LogP contribution in [0, 0.1) is 11.7 Å². The smallest absolute Gasteiger partial charge is 0.256 e. The molecule has 3 nitrogen and oxygen atoms in total. The Balaban J connectivity index is 2.01. The normalized spacial score (nSPS) is 16.6. The van der Waals surface area contributed by atoms with E-state index in [1.54, 1.807) is 11.0 Å². The zero-order valence-corrected chi connectivity index (χ0v) is 11.4. The number of nitrogen functional groups attached to an aromatic ring is 1. The van der Waals surface area contributed by atoms with Gasteiger partial charge in [-0.15, -0.1) is 0 Å². The number of carbonyl (C=O) groups is 1. The van der Waals surface area contributed by atoms with Crippen LogP contribution in [-0.2, 0) is 0 Å². The van der Waals surface area contributed by atoms with E-state index in [0.717, 1.165) is 25.9 Å².